The third-order valence-electron chi connectivity index (χ3n) is 4.66. The predicted molar refractivity (Wildman–Crippen MR) is 99.3 cm³/mol. The van der Waals surface area contributed by atoms with Crippen LogP contribution in [0.4, 0.5) is 0 Å². The lowest BCUT2D eigenvalue weighted by atomic mass is 10.1. The highest BCUT2D eigenvalue weighted by Gasteiger charge is 2.37. The average Bonchev–Trinajstić information content (AvgIpc) is 3.06. The van der Waals surface area contributed by atoms with E-state index in [9.17, 15) is 14.4 Å². The highest BCUT2D eigenvalue weighted by atomic mass is 16.5. The summed E-state index contributed by atoms with van der Waals surface area (Å²) in [5.41, 5.74) is 7.04. The lowest BCUT2D eigenvalue weighted by Gasteiger charge is -2.18. The smallest absolute Gasteiger partial charge is 0.312 e. The van der Waals surface area contributed by atoms with E-state index < -0.39 is 23.9 Å². The highest BCUT2D eigenvalue weighted by Crippen LogP contribution is 2.24. The topological polar surface area (TPSA) is 89.7 Å². The van der Waals surface area contributed by atoms with E-state index in [1.165, 1.54) is 0 Å². The molecule has 2 aromatic carbocycles. The van der Waals surface area contributed by atoms with Crippen LogP contribution in [0.5, 0.6) is 0 Å². The van der Waals surface area contributed by atoms with Gasteiger partial charge in [0.2, 0.25) is 12.0 Å². The molecule has 0 spiro atoms. The van der Waals surface area contributed by atoms with Gasteiger partial charge in [0.1, 0.15) is 0 Å². The zero-order chi connectivity index (χ0) is 19.2. The number of hydrogen-bond acceptors (Lipinski definition) is 4. The SMILES string of the molecule is NC(=O)[C@H](OC(=O)[C@H]1CC(=O)N(CCc2ccccc2)C1)c1ccccc1. The molecule has 2 aromatic rings. The molecule has 0 aliphatic carbocycles. The number of amides is 2. The number of carbonyl (C=O) groups excluding carboxylic acids is 3. The first-order chi connectivity index (χ1) is 13.0. The van der Waals surface area contributed by atoms with E-state index in [1.54, 1.807) is 35.2 Å². The van der Waals surface area contributed by atoms with Gasteiger partial charge in [-0.1, -0.05) is 60.7 Å². The van der Waals surface area contributed by atoms with Gasteiger partial charge in [0.05, 0.1) is 5.92 Å². The minimum atomic E-state index is -1.15. The van der Waals surface area contributed by atoms with Gasteiger partial charge in [0.15, 0.2) is 0 Å². The maximum atomic E-state index is 12.5. The molecular formula is C21H22N2O4. The average molecular weight is 366 g/mol. The number of carbonyl (C=O) groups is 3. The van der Waals surface area contributed by atoms with E-state index in [4.69, 9.17) is 10.5 Å². The second-order valence-electron chi connectivity index (χ2n) is 6.61. The van der Waals surface area contributed by atoms with Gasteiger partial charge in [-0.3, -0.25) is 14.4 Å². The number of primary amides is 1. The molecule has 0 saturated carbocycles. The third kappa shape index (κ3) is 4.73. The second kappa shape index (κ2) is 8.49. The first kappa shape index (κ1) is 18.6. The summed E-state index contributed by atoms with van der Waals surface area (Å²) in [5.74, 6) is -1.97. The monoisotopic (exact) mass is 366 g/mol. The van der Waals surface area contributed by atoms with Crippen LogP contribution >= 0.6 is 0 Å². The summed E-state index contributed by atoms with van der Waals surface area (Å²) >= 11 is 0. The molecule has 1 aliphatic rings. The molecule has 1 aliphatic heterocycles. The van der Waals surface area contributed by atoms with Crippen molar-refractivity contribution in [2.45, 2.75) is 18.9 Å². The fourth-order valence-electron chi connectivity index (χ4n) is 3.19. The molecule has 6 nitrogen and oxygen atoms in total. The van der Waals surface area contributed by atoms with Crippen LogP contribution in [0.3, 0.4) is 0 Å². The van der Waals surface area contributed by atoms with Crippen LogP contribution in [0.25, 0.3) is 0 Å². The van der Waals surface area contributed by atoms with Crippen molar-refractivity contribution in [2.75, 3.05) is 13.1 Å². The van der Waals surface area contributed by atoms with Gasteiger partial charge in [0.25, 0.3) is 5.91 Å². The second-order valence-corrected chi connectivity index (χ2v) is 6.61. The Morgan fingerprint density at radius 2 is 1.70 bits per heavy atom. The summed E-state index contributed by atoms with van der Waals surface area (Å²) in [5, 5.41) is 0. The van der Waals surface area contributed by atoms with Crippen molar-refractivity contribution in [3.63, 3.8) is 0 Å². The Balaban J connectivity index is 1.59. The first-order valence-electron chi connectivity index (χ1n) is 8.91. The standard InChI is InChI=1S/C21H22N2O4/c22-20(25)19(16-9-5-2-6-10-16)27-21(26)17-13-18(24)23(14-17)12-11-15-7-3-1-4-8-15/h1-10,17,19H,11-14H2,(H2,22,25)/t17-,19+/m0/s1. The van der Waals surface area contributed by atoms with Crippen LogP contribution in [0.15, 0.2) is 60.7 Å². The van der Waals surface area contributed by atoms with Crippen LogP contribution in [-0.2, 0) is 25.5 Å². The third-order valence-corrected chi connectivity index (χ3v) is 4.66. The molecule has 140 valence electrons. The van der Waals surface area contributed by atoms with Gasteiger partial charge < -0.3 is 15.4 Å². The van der Waals surface area contributed by atoms with E-state index >= 15 is 0 Å². The van der Waals surface area contributed by atoms with Crippen molar-refractivity contribution in [3.8, 4) is 0 Å². The number of ether oxygens (including phenoxy) is 1. The molecule has 2 N–H and O–H groups in total. The lowest BCUT2D eigenvalue weighted by molar-refractivity contribution is -0.159. The fraction of sp³-hybridized carbons (Fsp3) is 0.286. The Morgan fingerprint density at radius 3 is 2.33 bits per heavy atom. The van der Waals surface area contributed by atoms with Crippen molar-refractivity contribution < 1.29 is 19.1 Å². The van der Waals surface area contributed by atoms with E-state index in [2.05, 4.69) is 0 Å². The van der Waals surface area contributed by atoms with Crippen LogP contribution in [0.1, 0.15) is 23.7 Å². The first-order valence-corrected chi connectivity index (χ1v) is 8.91. The molecule has 27 heavy (non-hydrogen) atoms. The molecule has 2 amide bonds. The van der Waals surface area contributed by atoms with Gasteiger partial charge in [-0.05, 0) is 12.0 Å². The van der Waals surface area contributed by atoms with Gasteiger partial charge in [-0.25, -0.2) is 0 Å². The number of nitrogens with two attached hydrogens (primary N) is 1. The molecule has 1 fully saturated rings. The van der Waals surface area contributed by atoms with Crippen molar-refractivity contribution in [2.24, 2.45) is 11.7 Å². The number of likely N-dealkylation sites (tertiary alicyclic amines) is 1. The summed E-state index contributed by atoms with van der Waals surface area (Å²) in [4.78, 5) is 38.1. The summed E-state index contributed by atoms with van der Waals surface area (Å²) in [7, 11) is 0. The Kier molecular flexibility index (Phi) is 5.86. The maximum Gasteiger partial charge on any atom is 0.312 e. The van der Waals surface area contributed by atoms with Crippen molar-refractivity contribution >= 4 is 17.8 Å². The summed E-state index contributed by atoms with van der Waals surface area (Å²) in [6, 6.07) is 18.5. The fourth-order valence-corrected chi connectivity index (χ4v) is 3.19. The molecule has 6 heteroatoms. The van der Waals surface area contributed by atoms with Crippen molar-refractivity contribution in [3.05, 3.63) is 71.8 Å². The zero-order valence-corrected chi connectivity index (χ0v) is 14.9. The maximum absolute atomic E-state index is 12.5. The molecule has 0 radical (unpaired) electrons. The number of esters is 1. The van der Waals surface area contributed by atoms with Gasteiger partial charge in [0, 0.05) is 25.1 Å². The molecule has 0 bridgehead atoms. The summed E-state index contributed by atoms with van der Waals surface area (Å²) < 4.78 is 5.35. The van der Waals surface area contributed by atoms with Crippen LogP contribution in [0.2, 0.25) is 0 Å². The number of hydrogen-bond donors (Lipinski definition) is 1. The van der Waals surface area contributed by atoms with E-state index in [1.807, 2.05) is 30.3 Å². The molecule has 2 atom stereocenters. The molecule has 0 aromatic heterocycles. The highest BCUT2D eigenvalue weighted by molar-refractivity contribution is 5.89. The van der Waals surface area contributed by atoms with E-state index in [0.29, 0.717) is 18.7 Å². The van der Waals surface area contributed by atoms with Gasteiger partial charge in [-0.15, -0.1) is 0 Å². The molecule has 3 rings (SSSR count). The van der Waals surface area contributed by atoms with E-state index in [0.717, 1.165) is 12.0 Å². The van der Waals surface area contributed by atoms with Crippen LogP contribution < -0.4 is 5.73 Å². The lowest BCUT2D eigenvalue weighted by Crippen LogP contribution is -2.31. The zero-order valence-electron chi connectivity index (χ0n) is 14.9. The minimum absolute atomic E-state index is 0.0804. The quantitative estimate of drug-likeness (QED) is 0.757. The largest absolute Gasteiger partial charge is 0.447 e. The van der Waals surface area contributed by atoms with Crippen LogP contribution in [-0.4, -0.2) is 35.8 Å². The Hall–Kier alpha value is -3.15. The number of nitrogens with zero attached hydrogens (tertiary/aromatic N) is 1. The molecule has 1 saturated heterocycles. The van der Waals surface area contributed by atoms with Gasteiger partial charge >= 0.3 is 5.97 Å². The Labute approximate surface area is 157 Å². The Bertz CT molecular complexity index is 807. The normalized spacial score (nSPS) is 17.6. The molecule has 0 unspecified atom stereocenters. The van der Waals surface area contributed by atoms with Crippen molar-refractivity contribution in [1.29, 1.82) is 0 Å². The Morgan fingerprint density at radius 1 is 1.07 bits per heavy atom. The molecular weight excluding hydrogens is 344 g/mol. The summed E-state index contributed by atoms with van der Waals surface area (Å²) in [6.45, 7) is 0.843. The van der Waals surface area contributed by atoms with Gasteiger partial charge in [-0.2, -0.15) is 0 Å². The van der Waals surface area contributed by atoms with Crippen molar-refractivity contribution in [1.82, 2.24) is 4.90 Å². The summed E-state index contributed by atoms with van der Waals surface area (Å²) in [6.07, 6.45) is -0.330. The number of benzene rings is 2. The predicted octanol–water partition coefficient (Wildman–Crippen LogP) is 1.85. The van der Waals surface area contributed by atoms with E-state index in [-0.39, 0.29) is 12.3 Å². The van der Waals surface area contributed by atoms with Crippen LogP contribution in [0, 0.1) is 5.92 Å². The molecule has 1 heterocycles. The number of rotatable bonds is 7. The minimum Gasteiger partial charge on any atom is -0.447 e.